The number of oxime groups is 1. The molecule has 0 unspecified atom stereocenters. The maximum Gasteiger partial charge on any atom is 0.270 e. The molecule has 0 atom stereocenters. The van der Waals surface area contributed by atoms with Crippen molar-refractivity contribution >= 4 is 11.7 Å². The molecule has 8 nitrogen and oxygen atoms in total. The van der Waals surface area contributed by atoms with Gasteiger partial charge in [0.25, 0.3) is 5.91 Å². The molecule has 0 fully saturated rings. The van der Waals surface area contributed by atoms with Crippen molar-refractivity contribution in [2.75, 3.05) is 0 Å². The summed E-state index contributed by atoms with van der Waals surface area (Å²) in [6, 6.07) is 3.07. The standard InChI is InChI=1S/C13H16N6O2/c1-8-10(7-17-19(8)2)6-16-13(20)11-4-3-9(5-15-11)12(14)18-21/h3-5,7,21H,6H2,1-2H3,(H2,14,18)(H,16,20). The molecule has 4 N–H and O–H groups in total. The van der Waals surface area contributed by atoms with E-state index in [-0.39, 0.29) is 17.4 Å². The second-order valence-electron chi connectivity index (χ2n) is 4.48. The average Bonchev–Trinajstić information content (AvgIpc) is 2.83. The Hall–Kier alpha value is -2.90. The van der Waals surface area contributed by atoms with Crippen molar-refractivity contribution in [2.24, 2.45) is 17.9 Å². The van der Waals surface area contributed by atoms with Crippen molar-refractivity contribution in [2.45, 2.75) is 13.5 Å². The normalized spacial score (nSPS) is 11.4. The second kappa shape index (κ2) is 6.04. The number of amidine groups is 1. The molecule has 2 aromatic heterocycles. The van der Waals surface area contributed by atoms with E-state index in [1.165, 1.54) is 12.3 Å². The Morgan fingerprint density at radius 3 is 2.76 bits per heavy atom. The number of aromatic nitrogens is 3. The fraction of sp³-hybridized carbons (Fsp3) is 0.231. The first-order valence-corrected chi connectivity index (χ1v) is 6.22. The van der Waals surface area contributed by atoms with E-state index in [1.807, 2.05) is 14.0 Å². The van der Waals surface area contributed by atoms with Gasteiger partial charge in [-0.15, -0.1) is 0 Å². The van der Waals surface area contributed by atoms with Crippen molar-refractivity contribution in [3.05, 3.63) is 47.0 Å². The van der Waals surface area contributed by atoms with E-state index in [9.17, 15) is 4.79 Å². The number of nitrogens with zero attached hydrogens (tertiary/aromatic N) is 4. The molecule has 0 aromatic carbocycles. The van der Waals surface area contributed by atoms with Gasteiger partial charge >= 0.3 is 0 Å². The van der Waals surface area contributed by atoms with Gasteiger partial charge in [0, 0.05) is 36.6 Å². The van der Waals surface area contributed by atoms with E-state index in [1.54, 1.807) is 16.9 Å². The van der Waals surface area contributed by atoms with Crippen LogP contribution in [0.5, 0.6) is 0 Å². The summed E-state index contributed by atoms with van der Waals surface area (Å²) in [6.07, 6.45) is 3.09. The molecule has 0 spiro atoms. The molecule has 0 radical (unpaired) electrons. The maximum absolute atomic E-state index is 12.0. The number of amides is 1. The largest absolute Gasteiger partial charge is 0.409 e. The summed E-state index contributed by atoms with van der Waals surface area (Å²) in [5.41, 5.74) is 8.06. The van der Waals surface area contributed by atoms with Crippen molar-refractivity contribution in [3.63, 3.8) is 0 Å². The van der Waals surface area contributed by atoms with Crippen LogP contribution in [0.3, 0.4) is 0 Å². The van der Waals surface area contributed by atoms with Crippen LogP contribution in [0.2, 0.25) is 0 Å². The van der Waals surface area contributed by atoms with Crippen LogP contribution in [0.1, 0.15) is 27.3 Å². The van der Waals surface area contributed by atoms with E-state index >= 15 is 0 Å². The summed E-state index contributed by atoms with van der Waals surface area (Å²) >= 11 is 0. The van der Waals surface area contributed by atoms with Gasteiger partial charge in [0.15, 0.2) is 5.84 Å². The topological polar surface area (TPSA) is 118 Å². The number of nitrogens with one attached hydrogen (secondary N) is 1. The van der Waals surface area contributed by atoms with Crippen LogP contribution in [-0.2, 0) is 13.6 Å². The quantitative estimate of drug-likeness (QED) is 0.320. The van der Waals surface area contributed by atoms with Crippen LogP contribution >= 0.6 is 0 Å². The highest BCUT2D eigenvalue weighted by Crippen LogP contribution is 2.06. The Bertz CT molecular complexity index is 674. The minimum atomic E-state index is -0.302. The van der Waals surface area contributed by atoms with Crippen LogP contribution in [0.4, 0.5) is 0 Å². The summed E-state index contributed by atoms with van der Waals surface area (Å²) in [5, 5.41) is 18.3. The molecular formula is C13H16N6O2. The number of hydrogen-bond donors (Lipinski definition) is 3. The first-order chi connectivity index (χ1) is 10.0. The Morgan fingerprint density at radius 2 is 2.24 bits per heavy atom. The van der Waals surface area contributed by atoms with E-state index in [0.717, 1.165) is 11.3 Å². The number of carbonyl (C=O) groups is 1. The van der Waals surface area contributed by atoms with E-state index < -0.39 is 0 Å². The second-order valence-corrected chi connectivity index (χ2v) is 4.48. The first-order valence-electron chi connectivity index (χ1n) is 6.22. The Labute approximate surface area is 121 Å². The van der Waals surface area contributed by atoms with E-state index in [2.05, 4.69) is 20.6 Å². The maximum atomic E-state index is 12.0. The van der Waals surface area contributed by atoms with Gasteiger partial charge in [0.2, 0.25) is 0 Å². The predicted octanol–water partition coefficient (Wildman–Crippen LogP) is 0.148. The lowest BCUT2D eigenvalue weighted by atomic mass is 10.2. The monoisotopic (exact) mass is 288 g/mol. The number of rotatable bonds is 4. The van der Waals surface area contributed by atoms with Crippen LogP contribution in [0, 0.1) is 6.92 Å². The van der Waals surface area contributed by atoms with Gasteiger partial charge in [0.1, 0.15) is 5.69 Å². The molecular weight excluding hydrogens is 272 g/mol. The number of hydrogen-bond acceptors (Lipinski definition) is 5. The first kappa shape index (κ1) is 14.5. The summed E-state index contributed by atoms with van der Waals surface area (Å²) < 4.78 is 1.74. The third-order valence-corrected chi connectivity index (χ3v) is 3.18. The number of pyridine rings is 1. The van der Waals surface area contributed by atoms with Crippen LogP contribution in [0.15, 0.2) is 29.7 Å². The molecule has 0 aliphatic heterocycles. The fourth-order valence-electron chi connectivity index (χ4n) is 1.72. The van der Waals surface area contributed by atoms with Crippen LogP contribution in [0.25, 0.3) is 0 Å². The summed E-state index contributed by atoms with van der Waals surface area (Å²) in [5.74, 6) is -0.357. The fourth-order valence-corrected chi connectivity index (χ4v) is 1.72. The molecule has 1 amide bonds. The molecule has 8 heteroatoms. The van der Waals surface area contributed by atoms with Gasteiger partial charge in [-0.05, 0) is 19.1 Å². The van der Waals surface area contributed by atoms with E-state index in [0.29, 0.717) is 12.1 Å². The van der Waals surface area contributed by atoms with Crippen molar-refractivity contribution in [3.8, 4) is 0 Å². The lowest BCUT2D eigenvalue weighted by Crippen LogP contribution is -2.24. The highest BCUT2D eigenvalue weighted by Gasteiger charge is 2.10. The zero-order chi connectivity index (χ0) is 15.4. The summed E-state index contributed by atoms with van der Waals surface area (Å²) in [4.78, 5) is 16.0. The van der Waals surface area contributed by atoms with Gasteiger partial charge in [-0.3, -0.25) is 14.5 Å². The molecule has 0 aliphatic carbocycles. The SMILES string of the molecule is Cc1c(CNC(=O)c2ccc(/C(N)=N/O)cn2)cnn1C. The minimum Gasteiger partial charge on any atom is -0.409 e. The van der Waals surface area contributed by atoms with Crippen molar-refractivity contribution in [1.29, 1.82) is 0 Å². The van der Waals surface area contributed by atoms with Gasteiger partial charge in [-0.25, -0.2) is 0 Å². The molecule has 0 saturated carbocycles. The lowest BCUT2D eigenvalue weighted by molar-refractivity contribution is 0.0946. The summed E-state index contributed by atoms with van der Waals surface area (Å²) in [6.45, 7) is 2.31. The van der Waals surface area contributed by atoms with Gasteiger partial charge in [-0.2, -0.15) is 5.10 Å². The molecule has 0 saturated heterocycles. The van der Waals surface area contributed by atoms with Crippen LogP contribution in [-0.4, -0.2) is 31.7 Å². The Kier molecular flexibility index (Phi) is 4.17. The zero-order valence-electron chi connectivity index (χ0n) is 11.7. The van der Waals surface area contributed by atoms with Gasteiger partial charge < -0.3 is 16.3 Å². The molecule has 2 aromatic rings. The number of carbonyl (C=O) groups excluding carboxylic acids is 1. The third-order valence-electron chi connectivity index (χ3n) is 3.18. The molecule has 2 heterocycles. The average molecular weight is 288 g/mol. The molecule has 110 valence electrons. The highest BCUT2D eigenvalue weighted by atomic mass is 16.4. The number of nitrogens with two attached hydrogens (primary N) is 1. The van der Waals surface area contributed by atoms with Gasteiger partial charge in [0.05, 0.1) is 6.20 Å². The predicted molar refractivity (Wildman–Crippen MR) is 75.9 cm³/mol. The zero-order valence-corrected chi connectivity index (χ0v) is 11.7. The van der Waals surface area contributed by atoms with Crippen molar-refractivity contribution in [1.82, 2.24) is 20.1 Å². The molecule has 2 rings (SSSR count). The molecule has 21 heavy (non-hydrogen) atoms. The smallest absolute Gasteiger partial charge is 0.270 e. The van der Waals surface area contributed by atoms with E-state index in [4.69, 9.17) is 10.9 Å². The Balaban J connectivity index is 2.02. The van der Waals surface area contributed by atoms with Crippen molar-refractivity contribution < 1.29 is 10.0 Å². The highest BCUT2D eigenvalue weighted by molar-refractivity contribution is 5.98. The number of aryl methyl sites for hydroxylation is 1. The lowest BCUT2D eigenvalue weighted by Gasteiger charge is -2.05. The third kappa shape index (κ3) is 3.16. The van der Waals surface area contributed by atoms with Gasteiger partial charge in [-0.1, -0.05) is 5.16 Å². The minimum absolute atomic E-state index is 0.0551. The van der Waals surface area contributed by atoms with Crippen LogP contribution < -0.4 is 11.1 Å². The summed E-state index contributed by atoms with van der Waals surface area (Å²) in [7, 11) is 1.84. The molecule has 0 bridgehead atoms. The Morgan fingerprint density at radius 1 is 1.48 bits per heavy atom. The molecule has 0 aliphatic rings.